The summed E-state index contributed by atoms with van der Waals surface area (Å²) in [7, 11) is 0. The fraction of sp³-hybridized carbons (Fsp3) is 0.611. The summed E-state index contributed by atoms with van der Waals surface area (Å²) in [5, 5.41) is 2.99. The second-order valence-corrected chi connectivity index (χ2v) is 5.96. The maximum atomic E-state index is 12.3. The van der Waals surface area contributed by atoms with Gasteiger partial charge in [-0.25, -0.2) is 0 Å². The van der Waals surface area contributed by atoms with Crippen LogP contribution in [-0.2, 0) is 9.53 Å². The molecule has 1 N–H and O–H groups in total. The van der Waals surface area contributed by atoms with Gasteiger partial charge in [-0.1, -0.05) is 19.1 Å². The Morgan fingerprint density at radius 1 is 1.35 bits per heavy atom. The summed E-state index contributed by atoms with van der Waals surface area (Å²) in [5.41, 5.74) is 2.26. The minimum absolute atomic E-state index is 0.0401. The van der Waals surface area contributed by atoms with Crippen LogP contribution in [0.4, 0.5) is 0 Å². The molecule has 1 atom stereocenters. The van der Waals surface area contributed by atoms with Crippen LogP contribution >= 0.6 is 0 Å². The van der Waals surface area contributed by atoms with Crippen molar-refractivity contribution < 1.29 is 14.3 Å². The van der Waals surface area contributed by atoms with Crippen LogP contribution in [0.2, 0.25) is 0 Å². The van der Waals surface area contributed by atoms with Crippen molar-refractivity contribution in [3.63, 3.8) is 0 Å². The van der Waals surface area contributed by atoms with Crippen molar-refractivity contribution in [2.24, 2.45) is 0 Å². The number of hydrogen-bond acceptors (Lipinski definition) is 4. The molecule has 0 radical (unpaired) electrons. The molecule has 0 aromatic heterocycles. The van der Waals surface area contributed by atoms with Crippen molar-refractivity contribution in [2.75, 3.05) is 39.4 Å². The van der Waals surface area contributed by atoms with E-state index in [9.17, 15) is 4.79 Å². The van der Waals surface area contributed by atoms with Crippen molar-refractivity contribution in [1.29, 1.82) is 0 Å². The van der Waals surface area contributed by atoms with E-state index in [4.69, 9.17) is 9.47 Å². The molecule has 1 aliphatic rings. The van der Waals surface area contributed by atoms with Gasteiger partial charge in [-0.05, 0) is 37.5 Å². The Labute approximate surface area is 139 Å². The maximum Gasteiger partial charge on any atom is 0.261 e. The van der Waals surface area contributed by atoms with E-state index >= 15 is 0 Å². The minimum Gasteiger partial charge on any atom is -0.480 e. The Morgan fingerprint density at radius 3 is 2.78 bits per heavy atom. The van der Waals surface area contributed by atoms with Gasteiger partial charge >= 0.3 is 0 Å². The van der Waals surface area contributed by atoms with E-state index in [2.05, 4.69) is 10.2 Å². The molecule has 23 heavy (non-hydrogen) atoms. The van der Waals surface area contributed by atoms with Crippen molar-refractivity contribution >= 4 is 5.91 Å². The molecule has 0 aliphatic carbocycles. The minimum atomic E-state index is -0.444. The lowest BCUT2D eigenvalue weighted by atomic mass is 10.1. The highest BCUT2D eigenvalue weighted by molar-refractivity contribution is 5.81. The Bertz CT molecular complexity index is 513. The third kappa shape index (κ3) is 5.22. The van der Waals surface area contributed by atoms with Crippen molar-refractivity contribution in [2.45, 2.75) is 33.3 Å². The molecule has 1 aromatic carbocycles. The normalized spacial score (nSPS) is 16.8. The molecule has 2 rings (SSSR count). The van der Waals surface area contributed by atoms with Crippen LogP contribution < -0.4 is 10.1 Å². The van der Waals surface area contributed by atoms with Crippen LogP contribution in [0.1, 0.15) is 24.5 Å². The first kappa shape index (κ1) is 17.8. The lowest BCUT2D eigenvalue weighted by Crippen LogP contribution is -2.44. The highest BCUT2D eigenvalue weighted by Crippen LogP contribution is 2.22. The lowest BCUT2D eigenvalue weighted by Gasteiger charge is -2.27. The van der Waals surface area contributed by atoms with Gasteiger partial charge in [0.15, 0.2) is 6.10 Å². The van der Waals surface area contributed by atoms with Crippen molar-refractivity contribution in [1.82, 2.24) is 10.2 Å². The number of morpholine rings is 1. The Balaban J connectivity index is 1.82. The molecule has 1 heterocycles. The van der Waals surface area contributed by atoms with Gasteiger partial charge in [0.05, 0.1) is 13.2 Å². The summed E-state index contributed by atoms with van der Waals surface area (Å²) in [6.07, 6.45) is 0.205. The molecule has 128 valence electrons. The summed E-state index contributed by atoms with van der Waals surface area (Å²) in [6.45, 7) is 11.0. The number of ether oxygens (including phenoxy) is 2. The molecule has 1 amide bonds. The van der Waals surface area contributed by atoms with Crippen LogP contribution in [0.3, 0.4) is 0 Å². The summed E-state index contributed by atoms with van der Waals surface area (Å²) in [4.78, 5) is 14.6. The highest BCUT2D eigenvalue weighted by atomic mass is 16.5. The summed E-state index contributed by atoms with van der Waals surface area (Å²) in [5.74, 6) is 0.752. The van der Waals surface area contributed by atoms with Crippen molar-refractivity contribution in [3.8, 4) is 5.75 Å². The molecule has 1 unspecified atom stereocenters. The number of benzene rings is 1. The maximum absolute atomic E-state index is 12.3. The molecule has 1 saturated heterocycles. The smallest absolute Gasteiger partial charge is 0.261 e. The van der Waals surface area contributed by atoms with Gasteiger partial charge in [0.1, 0.15) is 5.75 Å². The quantitative estimate of drug-likeness (QED) is 0.834. The van der Waals surface area contributed by atoms with Crippen LogP contribution in [0.25, 0.3) is 0 Å². The van der Waals surface area contributed by atoms with Gasteiger partial charge in [-0.3, -0.25) is 9.69 Å². The van der Waals surface area contributed by atoms with E-state index in [0.717, 1.165) is 44.2 Å². The number of amides is 1. The van der Waals surface area contributed by atoms with Crippen LogP contribution in [-0.4, -0.2) is 56.3 Å². The number of nitrogens with zero attached hydrogens (tertiary/aromatic N) is 1. The largest absolute Gasteiger partial charge is 0.480 e. The summed E-state index contributed by atoms with van der Waals surface area (Å²) < 4.78 is 11.3. The standard InChI is InChI=1S/C18H28N2O3/c1-4-16(23-17-7-5-6-14(2)15(17)3)18(21)19-8-9-20-10-12-22-13-11-20/h5-7,16H,4,8-13H2,1-3H3,(H,19,21). The molecule has 1 aliphatic heterocycles. The zero-order valence-electron chi connectivity index (χ0n) is 14.4. The fourth-order valence-corrected chi connectivity index (χ4v) is 2.60. The second-order valence-electron chi connectivity index (χ2n) is 5.96. The number of carbonyl (C=O) groups is 1. The van der Waals surface area contributed by atoms with Gasteiger partial charge in [0, 0.05) is 26.2 Å². The summed E-state index contributed by atoms with van der Waals surface area (Å²) >= 11 is 0. The Hall–Kier alpha value is -1.59. The van der Waals surface area contributed by atoms with E-state index < -0.39 is 6.10 Å². The first-order valence-corrected chi connectivity index (χ1v) is 8.42. The molecule has 5 nitrogen and oxygen atoms in total. The highest BCUT2D eigenvalue weighted by Gasteiger charge is 2.19. The first-order chi connectivity index (χ1) is 11.1. The van der Waals surface area contributed by atoms with Gasteiger partial charge in [-0.2, -0.15) is 0 Å². The average molecular weight is 320 g/mol. The predicted molar refractivity (Wildman–Crippen MR) is 90.9 cm³/mol. The number of aryl methyl sites for hydroxylation is 1. The van der Waals surface area contributed by atoms with E-state index in [0.29, 0.717) is 13.0 Å². The van der Waals surface area contributed by atoms with E-state index in [-0.39, 0.29) is 5.91 Å². The first-order valence-electron chi connectivity index (χ1n) is 8.42. The van der Waals surface area contributed by atoms with Gasteiger partial charge in [-0.15, -0.1) is 0 Å². The second kappa shape index (κ2) is 8.89. The predicted octanol–water partition coefficient (Wildman–Crippen LogP) is 1.91. The molecule has 1 aromatic rings. The molecule has 0 bridgehead atoms. The van der Waals surface area contributed by atoms with Crippen LogP contribution in [0.15, 0.2) is 18.2 Å². The monoisotopic (exact) mass is 320 g/mol. The molecule has 0 saturated carbocycles. The zero-order chi connectivity index (χ0) is 16.7. The zero-order valence-corrected chi connectivity index (χ0v) is 14.4. The number of carbonyl (C=O) groups excluding carboxylic acids is 1. The molecular weight excluding hydrogens is 292 g/mol. The van der Waals surface area contributed by atoms with E-state index in [1.54, 1.807) is 0 Å². The summed E-state index contributed by atoms with van der Waals surface area (Å²) in [6, 6.07) is 5.93. The third-order valence-electron chi connectivity index (χ3n) is 4.32. The number of hydrogen-bond donors (Lipinski definition) is 1. The third-order valence-corrected chi connectivity index (χ3v) is 4.32. The van der Waals surface area contributed by atoms with E-state index in [1.165, 1.54) is 5.56 Å². The Kier molecular flexibility index (Phi) is 6.86. The molecular formula is C18H28N2O3. The Morgan fingerprint density at radius 2 is 2.09 bits per heavy atom. The molecule has 1 fully saturated rings. The molecule has 0 spiro atoms. The topological polar surface area (TPSA) is 50.8 Å². The number of rotatable bonds is 7. The van der Waals surface area contributed by atoms with Crippen LogP contribution in [0.5, 0.6) is 5.75 Å². The van der Waals surface area contributed by atoms with Crippen molar-refractivity contribution in [3.05, 3.63) is 29.3 Å². The SMILES string of the molecule is CCC(Oc1cccc(C)c1C)C(=O)NCCN1CCOCC1. The van der Waals surface area contributed by atoms with Gasteiger partial charge in [0.25, 0.3) is 5.91 Å². The average Bonchev–Trinajstić information content (AvgIpc) is 2.57. The van der Waals surface area contributed by atoms with Crippen LogP contribution in [0, 0.1) is 13.8 Å². The number of nitrogens with one attached hydrogen (secondary N) is 1. The van der Waals surface area contributed by atoms with E-state index in [1.807, 2.05) is 39.0 Å². The molecule has 5 heteroatoms. The lowest BCUT2D eigenvalue weighted by molar-refractivity contribution is -0.128. The van der Waals surface area contributed by atoms with Gasteiger partial charge in [0.2, 0.25) is 0 Å². The fourth-order valence-electron chi connectivity index (χ4n) is 2.60. The van der Waals surface area contributed by atoms with Gasteiger partial charge < -0.3 is 14.8 Å².